The van der Waals surface area contributed by atoms with Crippen LogP contribution in [0.25, 0.3) is 0 Å². The zero-order valence-electron chi connectivity index (χ0n) is 17.1. The molecular formula is C21H37ClN4O2. The number of carbonyl (C=O) groups is 2. The fourth-order valence-corrected chi connectivity index (χ4v) is 6.66. The molecule has 4 bridgehead atoms. The van der Waals surface area contributed by atoms with Crippen LogP contribution in [0.15, 0.2) is 0 Å². The zero-order chi connectivity index (χ0) is 19.0. The second-order valence-electron chi connectivity index (χ2n) is 9.93. The highest BCUT2D eigenvalue weighted by atomic mass is 35.5. The van der Waals surface area contributed by atoms with Gasteiger partial charge < -0.3 is 21.3 Å². The first kappa shape index (κ1) is 21.7. The fourth-order valence-electron chi connectivity index (χ4n) is 6.66. The van der Waals surface area contributed by atoms with Crippen LogP contribution in [0.4, 0.5) is 4.79 Å². The molecule has 1 saturated heterocycles. The highest BCUT2D eigenvalue weighted by Crippen LogP contribution is 2.55. The Kier molecular flexibility index (Phi) is 6.80. The summed E-state index contributed by atoms with van der Waals surface area (Å²) >= 11 is 0. The maximum atomic E-state index is 12.5. The third kappa shape index (κ3) is 4.76. The number of hydrogen-bond donors (Lipinski definition) is 3. The molecule has 0 aromatic rings. The van der Waals surface area contributed by atoms with Crippen molar-refractivity contribution in [2.75, 3.05) is 19.6 Å². The van der Waals surface area contributed by atoms with Gasteiger partial charge in [-0.1, -0.05) is 0 Å². The van der Waals surface area contributed by atoms with Crippen LogP contribution in [0.2, 0.25) is 0 Å². The van der Waals surface area contributed by atoms with Crippen molar-refractivity contribution < 1.29 is 9.59 Å². The van der Waals surface area contributed by atoms with Crippen molar-refractivity contribution in [1.82, 2.24) is 15.5 Å². The lowest BCUT2D eigenvalue weighted by Gasteiger charge is -2.56. The summed E-state index contributed by atoms with van der Waals surface area (Å²) < 4.78 is 0. The standard InChI is InChI=1S/C21H36N4O2.ClH/c1-14(22)18-3-2-6-25(13-18)19(26)4-5-23-20(27)24-21-10-15-7-16(11-21)9-17(8-15)12-21;/h14-18H,2-13,22H2,1H3,(H2,23,24,27);1H. The molecule has 7 heteroatoms. The molecule has 4 aliphatic carbocycles. The minimum atomic E-state index is -0.0862. The summed E-state index contributed by atoms with van der Waals surface area (Å²) in [6, 6.07) is 0.0432. The van der Waals surface area contributed by atoms with Crippen molar-refractivity contribution in [3.05, 3.63) is 0 Å². The van der Waals surface area contributed by atoms with E-state index in [2.05, 4.69) is 10.6 Å². The van der Waals surface area contributed by atoms with Gasteiger partial charge in [0.05, 0.1) is 0 Å². The summed E-state index contributed by atoms with van der Waals surface area (Å²) in [4.78, 5) is 26.9. The van der Waals surface area contributed by atoms with Gasteiger partial charge in [-0.05, 0) is 82.0 Å². The Labute approximate surface area is 175 Å². The number of likely N-dealkylation sites (tertiary alicyclic amines) is 1. The van der Waals surface area contributed by atoms with E-state index in [1.54, 1.807) is 0 Å². The highest BCUT2D eigenvalue weighted by Gasteiger charge is 2.51. The molecule has 5 aliphatic rings. The monoisotopic (exact) mass is 412 g/mol. The molecule has 2 unspecified atom stereocenters. The number of nitrogens with two attached hydrogens (primary N) is 1. The van der Waals surface area contributed by atoms with Crippen LogP contribution in [0.5, 0.6) is 0 Å². The molecule has 28 heavy (non-hydrogen) atoms. The minimum absolute atomic E-state index is 0. The molecule has 5 rings (SSSR count). The van der Waals surface area contributed by atoms with Gasteiger partial charge >= 0.3 is 6.03 Å². The number of nitrogens with zero attached hydrogens (tertiary/aromatic N) is 1. The van der Waals surface area contributed by atoms with Gasteiger partial charge in [-0.25, -0.2) is 4.79 Å². The molecule has 1 heterocycles. The van der Waals surface area contributed by atoms with Crippen molar-refractivity contribution in [2.24, 2.45) is 29.4 Å². The van der Waals surface area contributed by atoms with E-state index >= 15 is 0 Å². The van der Waals surface area contributed by atoms with Crippen LogP contribution in [-0.2, 0) is 4.79 Å². The Morgan fingerprint density at radius 1 is 1.14 bits per heavy atom. The van der Waals surface area contributed by atoms with Gasteiger partial charge in [0.25, 0.3) is 0 Å². The molecule has 0 spiro atoms. The predicted octanol–water partition coefficient (Wildman–Crippen LogP) is 2.65. The summed E-state index contributed by atoms with van der Waals surface area (Å²) in [7, 11) is 0. The highest BCUT2D eigenvalue weighted by molar-refractivity contribution is 5.85. The predicted molar refractivity (Wildman–Crippen MR) is 112 cm³/mol. The van der Waals surface area contributed by atoms with Gasteiger partial charge in [0.2, 0.25) is 5.91 Å². The maximum Gasteiger partial charge on any atom is 0.315 e. The summed E-state index contributed by atoms with van der Waals surface area (Å²) in [5.74, 6) is 2.98. The van der Waals surface area contributed by atoms with E-state index in [0.717, 1.165) is 62.9 Å². The second kappa shape index (κ2) is 8.78. The molecular weight excluding hydrogens is 376 g/mol. The first-order valence-electron chi connectivity index (χ1n) is 11.0. The number of urea groups is 1. The molecule has 4 saturated carbocycles. The molecule has 4 N–H and O–H groups in total. The lowest BCUT2D eigenvalue weighted by Crippen LogP contribution is -2.61. The molecule has 1 aliphatic heterocycles. The van der Waals surface area contributed by atoms with Crippen molar-refractivity contribution >= 4 is 24.3 Å². The van der Waals surface area contributed by atoms with E-state index in [1.165, 1.54) is 19.3 Å². The first-order valence-corrected chi connectivity index (χ1v) is 11.0. The van der Waals surface area contributed by atoms with E-state index in [1.807, 2.05) is 11.8 Å². The third-order valence-electron chi connectivity index (χ3n) is 7.60. The van der Waals surface area contributed by atoms with Crippen LogP contribution in [0, 0.1) is 23.7 Å². The molecule has 0 aromatic carbocycles. The van der Waals surface area contributed by atoms with Gasteiger partial charge in [0, 0.05) is 37.6 Å². The fraction of sp³-hybridized carbons (Fsp3) is 0.905. The molecule has 2 atom stereocenters. The molecule has 6 nitrogen and oxygen atoms in total. The Hall–Kier alpha value is -1.01. The number of nitrogens with one attached hydrogen (secondary N) is 2. The summed E-state index contributed by atoms with van der Waals surface area (Å²) in [6.07, 6.45) is 10.1. The Bertz CT molecular complexity index is 547. The van der Waals surface area contributed by atoms with Gasteiger partial charge in [-0.2, -0.15) is 0 Å². The molecule has 0 aromatic heterocycles. The van der Waals surface area contributed by atoms with Crippen molar-refractivity contribution in [3.8, 4) is 0 Å². The minimum Gasteiger partial charge on any atom is -0.342 e. The lowest BCUT2D eigenvalue weighted by atomic mass is 9.53. The Morgan fingerprint density at radius 2 is 1.75 bits per heavy atom. The average Bonchev–Trinajstić information content (AvgIpc) is 2.60. The topological polar surface area (TPSA) is 87.5 Å². The van der Waals surface area contributed by atoms with Crippen LogP contribution in [0.1, 0.15) is 64.7 Å². The molecule has 3 amide bonds. The van der Waals surface area contributed by atoms with E-state index in [4.69, 9.17) is 5.73 Å². The first-order chi connectivity index (χ1) is 12.9. The van der Waals surface area contributed by atoms with Crippen LogP contribution in [-0.4, -0.2) is 48.1 Å². The normalized spacial score (nSPS) is 37.1. The summed E-state index contributed by atoms with van der Waals surface area (Å²) in [5.41, 5.74) is 6.04. The van der Waals surface area contributed by atoms with E-state index in [-0.39, 0.29) is 35.9 Å². The second-order valence-corrected chi connectivity index (χ2v) is 9.93. The van der Waals surface area contributed by atoms with Gasteiger partial charge in [0.1, 0.15) is 0 Å². The van der Waals surface area contributed by atoms with Crippen LogP contribution in [0.3, 0.4) is 0 Å². The van der Waals surface area contributed by atoms with Gasteiger partial charge in [0.15, 0.2) is 0 Å². The number of piperidine rings is 1. The summed E-state index contributed by atoms with van der Waals surface area (Å²) in [5, 5.41) is 6.25. The number of carbonyl (C=O) groups excluding carboxylic acids is 2. The van der Waals surface area contributed by atoms with Crippen LogP contribution >= 0.6 is 12.4 Å². The molecule has 5 fully saturated rings. The molecule has 0 radical (unpaired) electrons. The van der Waals surface area contributed by atoms with E-state index in [0.29, 0.717) is 18.9 Å². The quantitative estimate of drug-likeness (QED) is 0.648. The average molecular weight is 413 g/mol. The molecule has 160 valence electrons. The third-order valence-corrected chi connectivity index (χ3v) is 7.60. The lowest BCUT2D eigenvalue weighted by molar-refractivity contribution is -0.132. The number of amides is 3. The summed E-state index contributed by atoms with van der Waals surface area (Å²) in [6.45, 7) is 4.02. The van der Waals surface area contributed by atoms with Gasteiger partial charge in [-0.15, -0.1) is 12.4 Å². The van der Waals surface area contributed by atoms with E-state index in [9.17, 15) is 9.59 Å². The smallest absolute Gasteiger partial charge is 0.315 e. The van der Waals surface area contributed by atoms with Crippen LogP contribution < -0.4 is 16.4 Å². The maximum absolute atomic E-state index is 12.5. The SMILES string of the molecule is CC(N)C1CCCN(C(=O)CCNC(=O)NC23CC4CC(CC(C4)C2)C3)C1.Cl. The number of hydrogen-bond acceptors (Lipinski definition) is 3. The van der Waals surface area contributed by atoms with Crippen molar-refractivity contribution in [3.63, 3.8) is 0 Å². The van der Waals surface area contributed by atoms with Crippen molar-refractivity contribution in [1.29, 1.82) is 0 Å². The Morgan fingerprint density at radius 3 is 2.32 bits per heavy atom. The largest absolute Gasteiger partial charge is 0.342 e. The number of halogens is 1. The van der Waals surface area contributed by atoms with E-state index < -0.39 is 0 Å². The Balaban J connectivity index is 0.00000225. The number of rotatable bonds is 5. The zero-order valence-corrected chi connectivity index (χ0v) is 17.9. The van der Waals surface area contributed by atoms with Gasteiger partial charge in [-0.3, -0.25) is 4.79 Å². The van der Waals surface area contributed by atoms with Crippen molar-refractivity contribution in [2.45, 2.75) is 76.3 Å².